The van der Waals surface area contributed by atoms with Gasteiger partial charge in [0.1, 0.15) is 16.7 Å². The molecule has 5 rings (SSSR count). The number of nitrogens with zero attached hydrogens (tertiary/aromatic N) is 2. The highest BCUT2D eigenvalue weighted by Crippen LogP contribution is 2.51. The number of aromatic hydroxyl groups is 1. The third-order valence-corrected chi connectivity index (χ3v) is 10.1. The van der Waals surface area contributed by atoms with Crippen LogP contribution in [0.1, 0.15) is 38.8 Å². The molecule has 2 saturated heterocycles. The Bertz CT molecular complexity index is 1410. The van der Waals surface area contributed by atoms with Gasteiger partial charge in [-0.1, -0.05) is 36.4 Å². The number of aliphatic hydroxyl groups is 1. The van der Waals surface area contributed by atoms with Crippen LogP contribution in [0.4, 0.5) is 0 Å². The van der Waals surface area contributed by atoms with E-state index in [-0.39, 0.29) is 29.5 Å². The van der Waals surface area contributed by atoms with Crippen molar-refractivity contribution in [2.45, 2.75) is 56.8 Å². The maximum atomic E-state index is 13.7. The van der Waals surface area contributed by atoms with Crippen molar-refractivity contribution in [3.8, 4) is 5.75 Å². The van der Waals surface area contributed by atoms with Crippen LogP contribution in [0.2, 0.25) is 0 Å². The molecule has 0 saturated carbocycles. The van der Waals surface area contributed by atoms with Crippen LogP contribution in [0.15, 0.2) is 60.0 Å². The number of carbonyl (C=O) groups excluding carboxylic acids is 3. The molecule has 10 heteroatoms. The Morgan fingerprint density at radius 3 is 2.56 bits per heavy atom. The molecule has 3 amide bonds. The van der Waals surface area contributed by atoms with Gasteiger partial charge in [-0.3, -0.25) is 14.4 Å². The number of carbonyl (C=O) groups is 3. The summed E-state index contributed by atoms with van der Waals surface area (Å²) in [5.41, 5.74) is 2.63. The standard InChI is InChI=1S/C29H31N3O5S2/c1-17-12-13-38-23(17)15-32-28(37)25-29(32,3)39-16-31(25)27(36)24(34)21(14-19-8-5-4-6-9-19)30-26(35)20-10-7-11-22(33)18(20)2/h4-13,21,24-25,33-34H,14-16H2,1-3H3,(H,30,35)/t21-,24-,25+,29?/m0/s1. The highest BCUT2D eigenvalue weighted by molar-refractivity contribution is 8.01. The first-order chi connectivity index (χ1) is 18.6. The maximum Gasteiger partial charge on any atom is 0.255 e. The van der Waals surface area contributed by atoms with Crippen LogP contribution in [0, 0.1) is 13.8 Å². The molecule has 3 heterocycles. The molecule has 3 N–H and O–H groups in total. The quantitative estimate of drug-likeness (QED) is 0.361. The van der Waals surface area contributed by atoms with E-state index in [9.17, 15) is 24.6 Å². The summed E-state index contributed by atoms with van der Waals surface area (Å²) in [5, 5.41) is 26.2. The maximum absolute atomic E-state index is 13.7. The van der Waals surface area contributed by atoms with Gasteiger partial charge in [0, 0.05) is 16.0 Å². The van der Waals surface area contributed by atoms with E-state index in [1.165, 1.54) is 22.7 Å². The minimum absolute atomic E-state index is 0.0157. The number of phenolic OH excluding ortho intramolecular Hbond substituents is 1. The SMILES string of the molecule is Cc1ccsc1CN1C(=O)[C@H]2N(C(=O)[C@@H](O)[C@H](Cc3ccccc3)NC(=O)c3cccc(O)c3C)CSC21C. The van der Waals surface area contributed by atoms with Gasteiger partial charge in [0.2, 0.25) is 5.91 Å². The fourth-order valence-corrected chi connectivity index (χ4v) is 7.50. The van der Waals surface area contributed by atoms with Gasteiger partial charge in [-0.05, 0) is 61.9 Å². The van der Waals surface area contributed by atoms with Crippen molar-refractivity contribution in [3.63, 3.8) is 0 Å². The molecular weight excluding hydrogens is 534 g/mol. The Balaban J connectivity index is 1.35. The molecule has 39 heavy (non-hydrogen) atoms. The first-order valence-electron chi connectivity index (χ1n) is 12.7. The number of β-lactam (4-membered cyclic amide) rings is 1. The average Bonchev–Trinajstić information content (AvgIpc) is 3.48. The second-order valence-corrected chi connectivity index (χ2v) is 12.5. The molecule has 1 aromatic heterocycles. The van der Waals surface area contributed by atoms with Crippen molar-refractivity contribution in [2.75, 3.05) is 5.88 Å². The number of thiophene rings is 1. The number of nitrogens with one attached hydrogen (secondary N) is 1. The lowest BCUT2D eigenvalue weighted by atomic mass is 9.92. The van der Waals surface area contributed by atoms with E-state index in [4.69, 9.17) is 0 Å². The summed E-state index contributed by atoms with van der Waals surface area (Å²) < 4.78 is 0. The minimum Gasteiger partial charge on any atom is -0.508 e. The third-order valence-electron chi connectivity index (χ3n) is 7.70. The number of hydrogen-bond donors (Lipinski definition) is 3. The van der Waals surface area contributed by atoms with Gasteiger partial charge in [-0.15, -0.1) is 23.1 Å². The predicted octanol–water partition coefficient (Wildman–Crippen LogP) is 3.43. The predicted molar refractivity (Wildman–Crippen MR) is 151 cm³/mol. The molecule has 2 aromatic carbocycles. The van der Waals surface area contributed by atoms with Crippen molar-refractivity contribution < 1.29 is 24.6 Å². The Hall–Kier alpha value is -3.34. The van der Waals surface area contributed by atoms with E-state index in [1.54, 1.807) is 35.3 Å². The molecule has 8 nitrogen and oxygen atoms in total. The number of amides is 3. The van der Waals surface area contributed by atoms with Gasteiger partial charge in [0.15, 0.2) is 6.10 Å². The zero-order valence-corrected chi connectivity index (χ0v) is 23.6. The molecular formula is C29H31N3O5S2. The number of thioether (sulfide) groups is 1. The topological polar surface area (TPSA) is 110 Å². The van der Waals surface area contributed by atoms with Crippen LogP contribution in [-0.4, -0.2) is 66.7 Å². The highest BCUT2D eigenvalue weighted by atomic mass is 32.2. The van der Waals surface area contributed by atoms with Gasteiger partial charge in [-0.2, -0.15) is 0 Å². The summed E-state index contributed by atoms with van der Waals surface area (Å²) in [6, 6.07) is 14.3. The van der Waals surface area contributed by atoms with E-state index in [0.717, 1.165) is 16.0 Å². The molecule has 0 aliphatic carbocycles. The lowest BCUT2D eigenvalue weighted by Gasteiger charge is -2.52. The fourth-order valence-electron chi connectivity index (χ4n) is 5.23. The van der Waals surface area contributed by atoms with Crippen molar-refractivity contribution in [3.05, 3.63) is 87.1 Å². The summed E-state index contributed by atoms with van der Waals surface area (Å²) in [6.07, 6.45) is -1.37. The Morgan fingerprint density at radius 2 is 1.87 bits per heavy atom. The summed E-state index contributed by atoms with van der Waals surface area (Å²) in [5.74, 6) is -0.993. The zero-order chi connectivity index (χ0) is 27.9. The van der Waals surface area contributed by atoms with Crippen LogP contribution in [0.25, 0.3) is 0 Å². The number of phenols is 1. The molecule has 3 aromatic rings. The van der Waals surface area contributed by atoms with Gasteiger partial charge >= 0.3 is 0 Å². The first kappa shape index (κ1) is 27.2. The third kappa shape index (κ3) is 4.92. The molecule has 0 radical (unpaired) electrons. The van der Waals surface area contributed by atoms with Gasteiger partial charge in [-0.25, -0.2) is 0 Å². The van der Waals surface area contributed by atoms with Crippen molar-refractivity contribution in [1.82, 2.24) is 15.1 Å². The average molecular weight is 566 g/mol. The van der Waals surface area contributed by atoms with Crippen molar-refractivity contribution >= 4 is 40.8 Å². The fraction of sp³-hybridized carbons (Fsp3) is 0.345. The molecule has 1 unspecified atom stereocenters. The van der Waals surface area contributed by atoms with Crippen LogP contribution in [-0.2, 0) is 22.6 Å². The number of rotatable bonds is 8. The second-order valence-electron chi connectivity index (χ2n) is 10.2. The van der Waals surface area contributed by atoms with Crippen LogP contribution < -0.4 is 5.32 Å². The molecule has 204 valence electrons. The molecule has 4 atom stereocenters. The smallest absolute Gasteiger partial charge is 0.255 e. The zero-order valence-electron chi connectivity index (χ0n) is 22.0. The summed E-state index contributed by atoms with van der Waals surface area (Å²) in [7, 11) is 0. The van der Waals surface area contributed by atoms with Gasteiger partial charge < -0.3 is 25.3 Å². The van der Waals surface area contributed by atoms with E-state index < -0.39 is 34.9 Å². The monoisotopic (exact) mass is 565 g/mol. The molecule has 2 fully saturated rings. The molecule has 0 spiro atoms. The van der Waals surface area contributed by atoms with Crippen LogP contribution in [0.3, 0.4) is 0 Å². The molecule has 2 aliphatic heterocycles. The Kier molecular flexibility index (Phi) is 7.45. The van der Waals surface area contributed by atoms with Crippen molar-refractivity contribution in [1.29, 1.82) is 0 Å². The second kappa shape index (κ2) is 10.7. The minimum atomic E-state index is -1.57. The van der Waals surface area contributed by atoms with Crippen LogP contribution >= 0.6 is 23.1 Å². The lowest BCUT2D eigenvalue weighted by molar-refractivity contribution is -0.168. The number of benzene rings is 2. The van der Waals surface area contributed by atoms with Crippen molar-refractivity contribution in [2.24, 2.45) is 0 Å². The first-order valence-corrected chi connectivity index (χ1v) is 14.6. The van der Waals surface area contributed by atoms with E-state index in [2.05, 4.69) is 5.32 Å². The van der Waals surface area contributed by atoms with E-state index in [1.807, 2.05) is 55.6 Å². The summed E-state index contributed by atoms with van der Waals surface area (Å²) in [4.78, 5) is 43.9. The van der Waals surface area contributed by atoms with Gasteiger partial charge in [0.05, 0.1) is 18.5 Å². The summed E-state index contributed by atoms with van der Waals surface area (Å²) >= 11 is 3.11. The number of hydrogen-bond acceptors (Lipinski definition) is 7. The Labute approximate surface area is 235 Å². The number of aryl methyl sites for hydroxylation is 1. The Morgan fingerprint density at radius 1 is 1.13 bits per heavy atom. The number of aliphatic hydroxyl groups excluding tert-OH is 1. The lowest BCUT2D eigenvalue weighted by Crippen LogP contribution is -2.73. The number of fused-ring (bicyclic) bond motifs is 1. The highest BCUT2D eigenvalue weighted by Gasteiger charge is 2.65. The van der Waals surface area contributed by atoms with E-state index >= 15 is 0 Å². The largest absolute Gasteiger partial charge is 0.508 e. The molecule has 2 aliphatic rings. The summed E-state index contributed by atoms with van der Waals surface area (Å²) in [6.45, 7) is 6.10. The number of likely N-dealkylation sites (tertiary alicyclic amines) is 1. The molecule has 0 bridgehead atoms. The van der Waals surface area contributed by atoms with Gasteiger partial charge in [0.25, 0.3) is 11.8 Å². The van der Waals surface area contributed by atoms with E-state index in [0.29, 0.717) is 12.1 Å². The normalized spacial score (nSPS) is 21.7. The van der Waals surface area contributed by atoms with Crippen LogP contribution in [0.5, 0.6) is 5.75 Å².